The van der Waals surface area contributed by atoms with Gasteiger partial charge in [-0.3, -0.25) is 4.79 Å². The summed E-state index contributed by atoms with van der Waals surface area (Å²) in [5, 5.41) is 27.3. The lowest BCUT2D eigenvalue weighted by Gasteiger charge is -2.34. The van der Waals surface area contributed by atoms with Crippen molar-refractivity contribution in [3.8, 4) is 0 Å². The topological polar surface area (TPSA) is 149 Å². The monoisotopic (exact) mass is 534 g/mol. The number of Topliss-reactive ketones (excluding diaryl/α,β-unsaturated/α-hetero) is 1. The van der Waals surface area contributed by atoms with Crippen LogP contribution in [0.5, 0.6) is 0 Å². The van der Waals surface area contributed by atoms with Crippen LogP contribution in [0.1, 0.15) is 90.8 Å². The summed E-state index contributed by atoms with van der Waals surface area (Å²) in [5.74, 6) is -0.938. The Hall–Kier alpha value is -2.10. The van der Waals surface area contributed by atoms with Crippen molar-refractivity contribution < 1.29 is 24.5 Å². The van der Waals surface area contributed by atoms with Crippen molar-refractivity contribution in [2.45, 2.75) is 111 Å². The fraction of sp³-hybridized carbons (Fsp3) is 0.741. The van der Waals surface area contributed by atoms with E-state index < -0.39 is 23.5 Å². The van der Waals surface area contributed by atoms with Crippen LogP contribution >= 0.6 is 11.3 Å². The molecule has 10 heteroatoms. The fourth-order valence-electron chi connectivity index (χ4n) is 4.85. The smallest absolute Gasteiger partial charge is 0.146 e. The Balaban J connectivity index is 1.76. The van der Waals surface area contributed by atoms with E-state index in [0.29, 0.717) is 6.29 Å². The quantitative estimate of drug-likeness (QED) is 0.0868. The molecular weight excluding hydrogens is 492 g/mol. The fourth-order valence-corrected chi connectivity index (χ4v) is 5.51. The van der Waals surface area contributed by atoms with Crippen molar-refractivity contribution in [2.24, 2.45) is 22.4 Å². The lowest BCUT2D eigenvalue weighted by molar-refractivity contribution is -0.142. The van der Waals surface area contributed by atoms with E-state index in [4.69, 9.17) is 10.3 Å². The number of thiazole rings is 1. The summed E-state index contributed by atoms with van der Waals surface area (Å²) < 4.78 is 6.02. The molecule has 6 atom stereocenters. The number of aliphatic hydroxyl groups excluding tert-OH is 2. The molecule has 1 aromatic rings. The van der Waals surface area contributed by atoms with E-state index in [1.807, 2.05) is 12.3 Å². The number of carbonyl (C=O) groups excluding carboxylic acids is 2. The van der Waals surface area contributed by atoms with Crippen molar-refractivity contribution >= 4 is 29.5 Å². The molecule has 2 rings (SSSR count). The zero-order valence-corrected chi connectivity index (χ0v) is 23.7. The first-order valence-corrected chi connectivity index (χ1v) is 13.9. The molecule has 2 N–H and O–H groups in total. The number of nitrogens with zero attached hydrogens (tertiary/aromatic N) is 4. The molecule has 206 valence electrons. The summed E-state index contributed by atoms with van der Waals surface area (Å²) >= 11 is 1.48. The molecule has 0 bridgehead atoms. The number of hydrogen-bond donors (Lipinski definition) is 2. The minimum atomic E-state index is -1.09. The van der Waals surface area contributed by atoms with Gasteiger partial charge in [-0.25, -0.2) is 4.98 Å². The molecule has 0 unspecified atom stereocenters. The molecule has 1 aromatic heterocycles. The van der Waals surface area contributed by atoms with Gasteiger partial charge in [0.15, 0.2) is 0 Å². The van der Waals surface area contributed by atoms with Gasteiger partial charge in [-0.1, -0.05) is 44.8 Å². The normalized spacial score (nSPS) is 23.0. The van der Waals surface area contributed by atoms with E-state index in [0.717, 1.165) is 42.8 Å². The summed E-state index contributed by atoms with van der Waals surface area (Å²) in [6.45, 7) is 11.4. The van der Waals surface area contributed by atoms with Crippen molar-refractivity contribution in [1.29, 1.82) is 0 Å². The highest BCUT2D eigenvalue weighted by atomic mass is 32.1. The Morgan fingerprint density at radius 1 is 1.41 bits per heavy atom. The third kappa shape index (κ3) is 8.72. The summed E-state index contributed by atoms with van der Waals surface area (Å²) in [6, 6.07) is 0. The van der Waals surface area contributed by atoms with E-state index in [2.05, 4.69) is 34.9 Å². The first-order chi connectivity index (χ1) is 17.4. The van der Waals surface area contributed by atoms with E-state index in [1.54, 1.807) is 20.8 Å². The molecule has 0 spiro atoms. The van der Waals surface area contributed by atoms with Crippen molar-refractivity contribution in [3.63, 3.8) is 0 Å². The molecule has 37 heavy (non-hydrogen) atoms. The molecule has 1 saturated heterocycles. The first-order valence-electron chi connectivity index (χ1n) is 13.0. The average molecular weight is 535 g/mol. The van der Waals surface area contributed by atoms with Gasteiger partial charge in [-0.2, -0.15) is 0 Å². The molecule has 0 radical (unpaired) electrons. The second-order valence-electron chi connectivity index (χ2n) is 11.2. The van der Waals surface area contributed by atoms with Gasteiger partial charge in [0.25, 0.3) is 0 Å². The number of aliphatic hydroxyl groups is 2. The van der Waals surface area contributed by atoms with Crippen LogP contribution in [0.15, 0.2) is 16.1 Å². The number of aromatic nitrogens is 1. The van der Waals surface area contributed by atoms with Crippen LogP contribution in [0, 0.1) is 17.3 Å². The van der Waals surface area contributed by atoms with Gasteiger partial charge >= 0.3 is 0 Å². The Morgan fingerprint density at radius 2 is 2.11 bits per heavy atom. The number of rotatable bonds is 17. The predicted octanol–water partition coefficient (Wildman–Crippen LogP) is 5.64. The number of ketones is 1. The molecular formula is C27H42N4O5S. The summed E-state index contributed by atoms with van der Waals surface area (Å²) in [5.41, 5.74) is 9.28. The first kappa shape index (κ1) is 31.1. The minimum Gasteiger partial charge on any atom is -0.392 e. The maximum absolute atomic E-state index is 12.9. The number of allylic oxidation sites excluding steroid dienone is 1. The average Bonchev–Trinajstić information content (AvgIpc) is 3.28. The zero-order chi connectivity index (χ0) is 27.8. The second kappa shape index (κ2) is 13.6. The van der Waals surface area contributed by atoms with E-state index in [1.165, 1.54) is 16.9 Å². The minimum absolute atomic E-state index is 0.0780. The van der Waals surface area contributed by atoms with Gasteiger partial charge in [-0.05, 0) is 57.1 Å². The van der Waals surface area contributed by atoms with Gasteiger partial charge in [0.2, 0.25) is 0 Å². The third-order valence-corrected chi connectivity index (χ3v) is 8.55. The summed E-state index contributed by atoms with van der Waals surface area (Å²) in [4.78, 5) is 30.9. The predicted molar refractivity (Wildman–Crippen MR) is 145 cm³/mol. The van der Waals surface area contributed by atoms with Crippen LogP contribution in [0.25, 0.3) is 16.5 Å². The maximum atomic E-state index is 12.9. The van der Waals surface area contributed by atoms with Crippen LogP contribution in [-0.4, -0.2) is 51.2 Å². The van der Waals surface area contributed by atoms with Crippen molar-refractivity contribution in [2.75, 3.05) is 0 Å². The van der Waals surface area contributed by atoms with Gasteiger partial charge in [0.05, 0.1) is 46.6 Å². The molecule has 2 heterocycles. The van der Waals surface area contributed by atoms with Crippen LogP contribution < -0.4 is 0 Å². The van der Waals surface area contributed by atoms with Crippen molar-refractivity contribution in [1.82, 2.24) is 4.98 Å². The van der Waals surface area contributed by atoms with Crippen LogP contribution in [0.2, 0.25) is 0 Å². The molecule has 1 fully saturated rings. The number of carbonyl (C=O) groups is 2. The lowest BCUT2D eigenvalue weighted by atomic mass is 9.73. The Labute approximate surface area is 224 Å². The van der Waals surface area contributed by atoms with Gasteiger partial charge in [0.1, 0.15) is 12.1 Å². The van der Waals surface area contributed by atoms with Crippen LogP contribution in [0.4, 0.5) is 0 Å². The SMILES string of the molecule is C/C(=C\c1csc(CN=[N+]=[N-])n1)CC[C@@H]1O[C@]1(C)CCC[C@H](C)[C@H](O)[C@@H](C)C(=O)C(C)(C)[C@@H](O)CC=O. The van der Waals surface area contributed by atoms with E-state index in [-0.39, 0.29) is 36.4 Å². The second-order valence-corrected chi connectivity index (χ2v) is 12.1. The molecule has 0 aromatic carbocycles. The molecule has 9 nitrogen and oxygen atoms in total. The standard InChI is InChI=1S/C27H42N4O5S/c1-17(14-20-16-37-23(30-20)15-29-31-28)9-10-22-27(6,36-22)12-7-8-18(2)24(34)19(3)25(35)26(4,5)21(33)11-13-32/h13-14,16,18-19,21-22,24,33-34H,7-12,15H2,1-6H3/b17-14+/t18-,19+,21-,22-,24-,27+/m0/s1. The Bertz CT molecular complexity index is 1000. The number of epoxide rings is 1. The largest absolute Gasteiger partial charge is 0.392 e. The highest BCUT2D eigenvalue weighted by molar-refractivity contribution is 7.09. The molecule has 0 aliphatic carbocycles. The molecule has 0 amide bonds. The van der Waals surface area contributed by atoms with Crippen LogP contribution in [-0.2, 0) is 20.9 Å². The van der Waals surface area contributed by atoms with Crippen LogP contribution in [0.3, 0.4) is 0 Å². The zero-order valence-electron chi connectivity index (χ0n) is 22.9. The third-order valence-electron chi connectivity index (χ3n) is 7.70. The Morgan fingerprint density at radius 3 is 2.76 bits per heavy atom. The summed E-state index contributed by atoms with van der Waals surface area (Å²) in [6.07, 6.45) is 5.26. The summed E-state index contributed by atoms with van der Waals surface area (Å²) in [7, 11) is 0. The van der Waals surface area contributed by atoms with E-state index in [9.17, 15) is 19.8 Å². The van der Waals surface area contributed by atoms with Gasteiger partial charge in [-0.15, -0.1) is 11.3 Å². The van der Waals surface area contributed by atoms with Crippen molar-refractivity contribution in [3.05, 3.63) is 32.1 Å². The lowest BCUT2D eigenvalue weighted by Crippen LogP contribution is -2.44. The molecule has 1 aliphatic rings. The molecule has 1 aliphatic heterocycles. The number of hydrogen-bond acceptors (Lipinski definition) is 8. The Kier molecular flexibility index (Phi) is 11.5. The molecule has 0 saturated carbocycles. The number of aldehydes is 1. The maximum Gasteiger partial charge on any atom is 0.146 e. The van der Waals surface area contributed by atoms with Gasteiger partial charge < -0.3 is 19.7 Å². The number of azide groups is 1. The van der Waals surface area contributed by atoms with Gasteiger partial charge in [0, 0.05) is 22.6 Å². The van der Waals surface area contributed by atoms with E-state index >= 15 is 0 Å². The highest BCUT2D eigenvalue weighted by Crippen LogP contribution is 2.44. The number of ether oxygens (including phenoxy) is 1. The highest BCUT2D eigenvalue weighted by Gasteiger charge is 2.50.